The highest BCUT2D eigenvalue weighted by Gasteiger charge is 2.18. The number of para-hydroxylation sites is 1. The van der Waals surface area contributed by atoms with Crippen LogP contribution in [0.15, 0.2) is 28.9 Å². The van der Waals surface area contributed by atoms with Gasteiger partial charge in [-0.2, -0.15) is 0 Å². The van der Waals surface area contributed by atoms with Crippen molar-refractivity contribution in [2.24, 2.45) is 0 Å². The van der Waals surface area contributed by atoms with E-state index < -0.39 is 0 Å². The van der Waals surface area contributed by atoms with Gasteiger partial charge in [-0.3, -0.25) is 4.79 Å². The molecule has 2 N–H and O–H groups in total. The number of carbonyl (C=O) groups is 1. The van der Waals surface area contributed by atoms with E-state index in [-0.39, 0.29) is 17.8 Å². The highest BCUT2D eigenvalue weighted by atomic mass is 16.3. The molecule has 3 aromatic rings. The van der Waals surface area contributed by atoms with Crippen molar-refractivity contribution in [1.82, 2.24) is 30.4 Å². The number of fused-ring (bicyclic) bond motifs is 1. The predicted octanol–water partition coefficient (Wildman–Crippen LogP) is 1.62. The first-order chi connectivity index (χ1) is 12.7. The lowest BCUT2D eigenvalue weighted by Gasteiger charge is -2.22. The number of rotatable bonds is 5. The summed E-state index contributed by atoms with van der Waals surface area (Å²) >= 11 is 0. The number of piperidine rings is 1. The Morgan fingerprint density at radius 2 is 2.38 bits per heavy atom. The first-order valence-corrected chi connectivity index (χ1v) is 8.96. The van der Waals surface area contributed by atoms with E-state index in [1.165, 1.54) is 0 Å². The molecule has 1 fully saturated rings. The van der Waals surface area contributed by atoms with Crippen LogP contribution in [0, 0.1) is 6.92 Å². The molecule has 1 aliphatic heterocycles. The minimum absolute atomic E-state index is 0.198. The van der Waals surface area contributed by atoms with E-state index in [0.29, 0.717) is 18.9 Å². The summed E-state index contributed by atoms with van der Waals surface area (Å²) in [5.41, 5.74) is 2.72. The first-order valence-electron chi connectivity index (χ1n) is 8.96. The Hall–Kier alpha value is -2.74. The highest BCUT2D eigenvalue weighted by molar-refractivity contribution is 5.90. The van der Waals surface area contributed by atoms with Gasteiger partial charge >= 0.3 is 0 Å². The van der Waals surface area contributed by atoms with Crippen LogP contribution >= 0.6 is 0 Å². The van der Waals surface area contributed by atoms with Crippen molar-refractivity contribution in [3.63, 3.8) is 0 Å². The van der Waals surface area contributed by atoms with Gasteiger partial charge in [0.15, 0.2) is 11.5 Å². The third-order valence-electron chi connectivity index (χ3n) is 4.65. The molecule has 0 bridgehead atoms. The van der Waals surface area contributed by atoms with E-state index in [9.17, 15) is 4.79 Å². The predicted molar refractivity (Wildman–Crippen MR) is 95.9 cm³/mol. The lowest BCUT2D eigenvalue weighted by Crippen LogP contribution is -2.32. The SMILES string of the molecule is Cc1cccc2oc(CCNC(=O)c3ncn(C4CCCNC4)n3)nc12. The van der Waals surface area contributed by atoms with Crippen LogP contribution in [0.5, 0.6) is 0 Å². The Morgan fingerprint density at radius 3 is 3.19 bits per heavy atom. The largest absolute Gasteiger partial charge is 0.441 e. The van der Waals surface area contributed by atoms with Crippen LogP contribution < -0.4 is 10.6 Å². The van der Waals surface area contributed by atoms with E-state index >= 15 is 0 Å². The maximum absolute atomic E-state index is 12.2. The number of aromatic nitrogens is 4. The zero-order chi connectivity index (χ0) is 17.9. The number of hydrogen-bond acceptors (Lipinski definition) is 6. The Labute approximate surface area is 151 Å². The molecule has 1 unspecified atom stereocenters. The van der Waals surface area contributed by atoms with Crippen LogP contribution in [-0.4, -0.2) is 45.3 Å². The topological polar surface area (TPSA) is 97.9 Å². The fraction of sp³-hybridized carbons (Fsp3) is 0.444. The van der Waals surface area contributed by atoms with Crippen LogP contribution in [0.1, 0.15) is 41.0 Å². The lowest BCUT2D eigenvalue weighted by molar-refractivity contribution is 0.0942. The zero-order valence-corrected chi connectivity index (χ0v) is 14.7. The second-order valence-corrected chi connectivity index (χ2v) is 6.58. The van der Waals surface area contributed by atoms with Gasteiger partial charge in [-0.1, -0.05) is 12.1 Å². The van der Waals surface area contributed by atoms with Gasteiger partial charge < -0.3 is 15.1 Å². The molecule has 2 aromatic heterocycles. The molecule has 136 valence electrons. The summed E-state index contributed by atoms with van der Waals surface area (Å²) in [5.74, 6) is 0.533. The van der Waals surface area contributed by atoms with Gasteiger partial charge in [-0.25, -0.2) is 14.6 Å². The molecule has 26 heavy (non-hydrogen) atoms. The minimum atomic E-state index is -0.278. The van der Waals surface area contributed by atoms with Crippen LogP contribution in [0.25, 0.3) is 11.1 Å². The number of benzene rings is 1. The number of hydrogen-bond donors (Lipinski definition) is 2. The summed E-state index contributed by atoms with van der Waals surface area (Å²) in [6.45, 7) is 4.32. The third kappa shape index (κ3) is 3.45. The molecule has 1 saturated heterocycles. The van der Waals surface area contributed by atoms with Crippen LogP contribution in [0.2, 0.25) is 0 Å². The third-order valence-corrected chi connectivity index (χ3v) is 4.65. The van der Waals surface area contributed by atoms with E-state index in [2.05, 4.69) is 25.7 Å². The van der Waals surface area contributed by atoms with Gasteiger partial charge in [-0.15, -0.1) is 5.10 Å². The van der Waals surface area contributed by atoms with Gasteiger partial charge in [0.2, 0.25) is 5.82 Å². The van der Waals surface area contributed by atoms with Gasteiger partial charge in [0.25, 0.3) is 5.91 Å². The van der Waals surface area contributed by atoms with E-state index in [1.54, 1.807) is 11.0 Å². The molecule has 4 rings (SSSR count). The number of aryl methyl sites for hydroxylation is 1. The first kappa shape index (κ1) is 16.7. The summed E-state index contributed by atoms with van der Waals surface area (Å²) < 4.78 is 7.50. The second-order valence-electron chi connectivity index (χ2n) is 6.58. The average Bonchev–Trinajstić information content (AvgIpc) is 3.30. The molecular formula is C18H22N6O2. The molecule has 1 aliphatic rings. The molecule has 1 atom stereocenters. The Balaban J connectivity index is 1.33. The van der Waals surface area contributed by atoms with Crippen molar-refractivity contribution in [3.05, 3.63) is 41.8 Å². The molecule has 0 spiro atoms. The molecule has 1 amide bonds. The van der Waals surface area contributed by atoms with Crippen molar-refractivity contribution in [2.75, 3.05) is 19.6 Å². The fourth-order valence-corrected chi connectivity index (χ4v) is 3.22. The fourth-order valence-electron chi connectivity index (χ4n) is 3.22. The van der Waals surface area contributed by atoms with E-state index in [1.807, 2.05) is 25.1 Å². The number of nitrogens with zero attached hydrogens (tertiary/aromatic N) is 4. The standard InChI is InChI=1S/C18H22N6O2/c1-12-4-2-6-14-16(12)22-15(26-14)7-9-20-18(25)17-21-11-24(23-17)13-5-3-8-19-10-13/h2,4,6,11,13,19H,3,5,7-10H2,1H3,(H,20,25). The Morgan fingerprint density at radius 1 is 1.46 bits per heavy atom. The summed E-state index contributed by atoms with van der Waals surface area (Å²) in [4.78, 5) is 20.9. The lowest BCUT2D eigenvalue weighted by atomic mass is 10.1. The van der Waals surface area contributed by atoms with Crippen molar-refractivity contribution in [3.8, 4) is 0 Å². The maximum atomic E-state index is 12.2. The summed E-state index contributed by atoms with van der Waals surface area (Å²) in [6, 6.07) is 6.10. The Bertz CT molecular complexity index is 909. The molecule has 1 aromatic carbocycles. The number of nitrogens with one attached hydrogen (secondary N) is 2. The number of oxazole rings is 1. The van der Waals surface area contributed by atoms with E-state index in [0.717, 1.165) is 42.6 Å². The minimum Gasteiger partial charge on any atom is -0.441 e. The Kier molecular flexibility index (Phi) is 4.66. The molecule has 8 heteroatoms. The number of carbonyl (C=O) groups excluding carboxylic acids is 1. The van der Waals surface area contributed by atoms with Crippen LogP contribution in [-0.2, 0) is 6.42 Å². The quantitative estimate of drug-likeness (QED) is 0.723. The smallest absolute Gasteiger partial charge is 0.290 e. The van der Waals surface area contributed by atoms with Crippen molar-refractivity contribution in [2.45, 2.75) is 32.2 Å². The van der Waals surface area contributed by atoms with Crippen LogP contribution in [0.3, 0.4) is 0 Å². The van der Waals surface area contributed by atoms with Gasteiger partial charge in [0.05, 0.1) is 6.04 Å². The molecule has 0 aliphatic carbocycles. The molecule has 8 nitrogen and oxygen atoms in total. The van der Waals surface area contributed by atoms with Crippen molar-refractivity contribution >= 4 is 17.0 Å². The molecule has 0 radical (unpaired) electrons. The maximum Gasteiger partial charge on any atom is 0.290 e. The van der Waals surface area contributed by atoms with Crippen molar-refractivity contribution in [1.29, 1.82) is 0 Å². The normalized spacial score (nSPS) is 17.5. The molecular weight excluding hydrogens is 332 g/mol. The second kappa shape index (κ2) is 7.25. The summed E-state index contributed by atoms with van der Waals surface area (Å²) in [6.07, 6.45) is 4.31. The average molecular weight is 354 g/mol. The molecule has 0 saturated carbocycles. The molecule has 3 heterocycles. The summed E-state index contributed by atoms with van der Waals surface area (Å²) in [5, 5.41) is 10.5. The van der Waals surface area contributed by atoms with Gasteiger partial charge in [-0.05, 0) is 37.9 Å². The van der Waals surface area contributed by atoms with Crippen molar-refractivity contribution < 1.29 is 9.21 Å². The van der Waals surface area contributed by atoms with Gasteiger partial charge in [0, 0.05) is 19.5 Å². The number of amides is 1. The van der Waals surface area contributed by atoms with Gasteiger partial charge in [0.1, 0.15) is 11.8 Å². The summed E-state index contributed by atoms with van der Waals surface area (Å²) in [7, 11) is 0. The monoisotopic (exact) mass is 354 g/mol. The zero-order valence-electron chi connectivity index (χ0n) is 14.7. The van der Waals surface area contributed by atoms with E-state index in [4.69, 9.17) is 4.42 Å². The van der Waals surface area contributed by atoms with Crippen LogP contribution in [0.4, 0.5) is 0 Å². The highest BCUT2D eigenvalue weighted by Crippen LogP contribution is 2.19.